The van der Waals surface area contributed by atoms with Gasteiger partial charge in [-0.2, -0.15) is 0 Å². The first-order chi connectivity index (χ1) is 11.6. The lowest BCUT2D eigenvalue weighted by atomic mass is 10.3. The summed E-state index contributed by atoms with van der Waals surface area (Å²) in [5.74, 6) is 0.790. The Bertz CT molecular complexity index is 659. The number of rotatable bonds is 5. The Morgan fingerprint density at radius 3 is 2.50 bits per heavy atom. The van der Waals surface area contributed by atoms with Crippen LogP contribution in [0.1, 0.15) is 15.6 Å². The quantitative estimate of drug-likeness (QED) is 0.835. The number of benzene rings is 1. The molecule has 0 N–H and O–H groups in total. The minimum atomic E-state index is 0.0550. The van der Waals surface area contributed by atoms with Gasteiger partial charge >= 0.3 is 0 Å². The molecule has 2 heterocycles. The number of thiazole rings is 1. The minimum absolute atomic E-state index is 0.0550. The molecule has 0 bridgehead atoms. The summed E-state index contributed by atoms with van der Waals surface area (Å²) in [6.07, 6.45) is 0. The van der Waals surface area contributed by atoms with E-state index in [0.717, 1.165) is 49.2 Å². The molecule has 0 spiro atoms. The Labute approximate surface area is 146 Å². The molecule has 128 valence electrons. The van der Waals surface area contributed by atoms with E-state index in [1.165, 1.54) is 4.88 Å². The molecule has 0 unspecified atom stereocenters. The van der Waals surface area contributed by atoms with Crippen molar-refractivity contribution in [1.29, 1.82) is 0 Å². The van der Waals surface area contributed by atoms with Crippen LogP contribution in [-0.2, 0) is 11.3 Å². The average Bonchev–Trinajstić information content (AvgIpc) is 2.92. The van der Waals surface area contributed by atoms with Gasteiger partial charge in [-0.15, -0.1) is 11.3 Å². The van der Waals surface area contributed by atoms with E-state index < -0.39 is 0 Å². The van der Waals surface area contributed by atoms with Crippen molar-refractivity contribution in [3.63, 3.8) is 0 Å². The highest BCUT2D eigenvalue weighted by atomic mass is 32.1. The number of aryl methyl sites for hydroxylation is 2. The number of nitrogens with zero attached hydrogens (tertiary/aromatic N) is 3. The van der Waals surface area contributed by atoms with Crippen LogP contribution in [0.4, 0.5) is 0 Å². The maximum atomic E-state index is 12.3. The molecule has 1 aliphatic heterocycles. The molecular formula is C18H23N3O2S. The zero-order valence-electron chi connectivity index (χ0n) is 14.2. The average molecular weight is 345 g/mol. The highest BCUT2D eigenvalue weighted by Gasteiger charge is 2.22. The highest BCUT2D eigenvalue weighted by molar-refractivity contribution is 7.11. The first kappa shape index (κ1) is 16.9. The number of hydrogen-bond acceptors (Lipinski definition) is 5. The normalized spacial score (nSPS) is 15.5. The van der Waals surface area contributed by atoms with E-state index in [9.17, 15) is 4.79 Å². The van der Waals surface area contributed by atoms with Crippen molar-refractivity contribution in [2.75, 3.05) is 32.8 Å². The zero-order valence-corrected chi connectivity index (χ0v) is 15.0. The number of para-hydroxylation sites is 1. The predicted octanol–water partition coefficient (Wildman–Crippen LogP) is 2.48. The summed E-state index contributed by atoms with van der Waals surface area (Å²) in [4.78, 5) is 22.4. The Hall–Kier alpha value is -1.92. The molecule has 1 fully saturated rings. The topological polar surface area (TPSA) is 45.7 Å². The van der Waals surface area contributed by atoms with Crippen molar-refractivity contribution >= 4 is 17.2 Å². The Kier molecular flexibility index (Phi) is 5.48. The molecule has 0 saturated carbocycles. The predicted molar refractivity (Wildman–Crippen MR) is 95.4 cm³/mol. The molecule has 5 nitrogen and oxygen atoms in total. The van der Waals surface area contributed by atoms with Gasteiger partial charge in [0.25, 0.3) is 5.91 Å². The molecule has 1 aromatic carbocycles. The SMILES string of the molecule is Cc1nc(CN2CCN(C(=O)COc3ccccc3)CC2)sc1C. The molecule has 1 saturated heterocycles. The number of ether oxygens (including phenoxy) is 1. The van der Waals surface area contributed by atoms with Gasteiger partial charge in [0.1, 0.15) is 10.8 Å². The molecule has 0 radical (unpaired) electrons. The van der Waals surface area contributed by atoms with Crippen LogP contribution in [0.25, 0.3) is 0 Å². The summed E-state index contributed by atoms with van der Waals surface area (Å²) in [7, 11) is 0. The van der Waals surface area contributed by atoms with Crippen LogP contribution in [0.15, 0.2) is 30.3 Å². The Balaban J connectivity index is 1.43. The summed E-state index contributed by atoms with van der Waals surface area (Å²) >= 11 is 1.77. The standard InChI is InChI=1S/C18H23N3O2S/c1-14-15(2)24-17(19-14)12-20-8-10-21(11-9-20)18(22)13-23-16-6-4-3-5-7-16/h3-7H,8-13H2,1-2H3. The monoisotopic (exact) mass is 345 g/mol. The summed E-state index contributed by atoms with van der Waals surface area (Å²) in [6.45, 7) is 8.42. The van der Waals surface area contributed by atoms with E-state index in [1.54, 1.807) is 11.3 Å². The molecule has 24 heavy (non-hydrogen) atoms. The lowest BCUT2D eigenvalue weighted by Gasteiger charge is -2.34. The van der Waals surface area contributed by atoms with Gasteiger partial charge in [0.15, 0.2) is 6.61 Å². The third kappa shape index (κ3) is 4.33. The van der Waals surface area contributed by atoms with Gasteiger partial charge < -0.3 is 9.64 Å². The van der Waals surface area contributed by atoms with Crippen LogP contribution < -0.4 is 4.74 Å². The van der Waals surface area contributed by atoms with Crippen LogP contribution in [0.3, 0.4) is 0 Å². The van der Waals surface area contributed by atoms with Crippen LogP contribution in [0.2, 0.25) is 0 Å². The fraction of sp³-hybridized carbons (Fsp3) is 0.444. The second-order valence-electron chi connectivity index (χ2n) is 6.01. The first-order valence-corrected chi connectivity index (χ1v) is 9.04. The summed E-state index contributed by atoms with van der Waals surface area (Å²) in [5.41, 5.74) is 1.13. The summed E-state index contributed by atoms with van der Waals surface area (Å²) in [5, 5.41) is 1.16. The van der Waals surface area contributed by atoms with Crippen LogP contribution in [-0.4, -0.2) is 53.5 Å². The molecular weight excluding hydrogens is 322 g/mol. The summed E-state index contributed by atoms with van der Waals surface area (Å²) < 4.78 is 5.55. The lowest BCUT2D eigenvalue weighted by Crippen LogP contribution is -2.49. The minimum Gasteiger partial charge on any atom is -0.484 e. The van der Waals surface area contributed by atoms with Crippen molar-refractivity contribution in [1.82, 2.24) is 14.8 Å². The summed E-state index contributed by atoms with van der Waals surface area (Å²) in [6, 6.07) is 9.47. The maximum Gasteiger partial charge on any atom is 0.260 e. The molecule has 2 aromatic rings. The van der Waals surface area contributed by atoms with Gasteiger partial charge in [0.2, 0.25) is 0 Å². The largest absolute Gasteiger partial charge is 0.484 e. The van der Waals surface area contributed by atoms with Crippen molar-refractivity contribution in [3.05, 3.63) is 45.9 Å². The molecule has 6 heteroatoms. The fourth-order valence-electron chi connectivity index (χ4n) is 2.71. The molecule has 0 aliphatic carbocycles. The molecule has 1 aromatic heterocycles. The lowest BCUT2D eigenvalue weighted by molar-refractivity contribution is -0.135. The van der Waals surface area contributed by atoms with Gasteiger partial charge in [-0.05, 0) is 26.0 Å². The second-order valence-corrected chi connectivity index (χ2v) is 7.30. The van der Waals surface area contributed by atoms with Crippen LogP contribution >= 0.6 is 11.3 Å². The van der Waals surface area contributed by atoms with Gasteiger partial charge in [-0.25, -0.2) is 4.98 Å². The van der Waals surface area contributed by atoms with Gasteiger partial charge in [0, 0.05) is 31.1 Å². The van der Waals surface area contributed by atoms with Crippen molar-refractivity contribution in [2.24, 2.45) is 0 Å². The zero-order chi connectivity index (χ0) is 16.9. The van der Waals surface area contributed by atoms with Gasteiger partial charge in [-0.3, -0.25) is 9.69 Å². The molecule has 1 amide bonds. The molecule has 1 aliphatic rings. The Morgan fingerprint density at radius 2 is 1.88 bits per heavy atom. The highest BCUT2D eigenvalue weighted by Crippen LogP contribution is 2.18. The van der Waals surface area contributed by atoms with Crippen molar-refractivity contribution in [2.45, 2.75) is 20.4 Å². The molecule has 3 rings (SSSR count). The van der Waals surface area contributed by atoms with E-state index in [2.05, 4.69) is 23.7 Å². The van der Waals surface area contributed by atoms with E-state index in [1.807, 2.05) is 35.2 Å². The smallest absolute Gasteiger partial charge is 0.260 e. The third-order valence-corrected chi connectivity index (χ3v) is 5.32. The van der Waals surface area contributed by atoms with E-state index in [-0.39, 0.29) is 12.5 Å². The van der Waals surface area contributed by atoms with Gasteiger partial charge in [-0.1, -0.05) is 18.2 Å². The maximum absolute atomic E-state index is 12.3. The fourth-order valence-corrected chi connectivity index (χ4v) is 3.68. The first-order valence-electron chi connectivity index (χ1n) is 8.22. The number of amides is 1. The van der Waals surface area contributed by atoms with E-state index in [0.29, 0.717) is 0 Å². The van der Waals surface area contributed by atoms with Crippen molar-refractivity contribution < 1.29 is 9.53 Å². The number of hydrogen-bond donors (Lipinski definition) is 0. The number of carbonyl (C=O) groups excluding carboxylic acids is 1. The second kappa shape index (κ2) is 7.77. The van der Waals surface area contributed by atoms with E-state index >= 15 is 0 Å². The number of carbonyl (C=O) groups is 1. The van der Waals surface area contributed by atoms with E-state index in [4.69, 9.17) is 4.74 Å². The Morgan fingerprint density at radius 1 is 1.17 bits per heavy atom. The van der Waals surface area contributed by atoms with Crippen LogP contribution in [0.5, 0.6) is 5.75 Å². The number of aromatic nitrogens is 1. The number of piperazine rings is 1. The van der Waals surface area contributed by atoms with Crippen LogP contribution in [0, 0.1) is 13.8 Å². The van der Waals surface area contributed by atoms with Gasteiger partial charge in [0.05, 0.1) is 12.2 Å². The third-order valence-electron chi connectivity index (χ3n) is 4.26. The van der Waals surface area contributed by atoms with Crippen molar-refractivity contribution in [3.8, 4) is 5.75 Å². The molecule has 0 atom stereocenters.